The van der Waals surface area contributed by atoms with Crippen LogP contribution in [-0.4, -0.2) is 28.9 Å². The summed E-state index contributed by atoms with van der Waals surface area (Å²) in [6, 6.07) is 12.5. The molecule has 152 valence electrons. The molecule has 1 unspecified atom stereocenters. The average Bonchev–Trinajstić information content (AvgIpc) is 2.68. The second-order valence-electron chi connectivity index (χ2n) is 6.92. The topological polar surface area (TPSA) is 95.5 Å². The maximum atomic E-state index is 13.2. The zero-order valence-electron chi connectivity index (χ0n) is 16.2. The second kappa shape index (κ2) is 10.2. The van der Waals surface area contributed by atoms with Crippen LogP contribution < -0.4 is 10.6 Å². The van der Waals surface area contributed by atoms with Crippen LogP contribution in [0, 0.1) is 11.7 Å². The molecule has 0 saturated heterocycles. The first-order valence-corrected chi connectivity index (χ1v) is 9.13. The predicted molar refractivity (Wildman–Crippen MR) is 107 cm³/mol. The molecule has 6 nitrogen and oxygen atoms in total. The lowest BCUT2D eigenvalue weighted by Crippen LogP contribution is -2.45. The lowest BCUT2D eigenvalue weighted by atomic mass is 10.0. The van der Waals surface area contributed by atoms with Gasteiger partial charge in [0.05, 0.1) is 0 Å². The number of carbonyl (C=O) groups is 3. The molecular formula is C22H23FN2O4. The first kappa shape index (κ1) is 21.8. The fourth-order valence-corrected chi connectivity index (χ4v) is 2.60. The van der Waals surface area contributed by atoms with Crippen molar-refractivity contribution in [1.82, 2.24) is 10.6 Å². The molecule has 2 aromatic carbocycles. The zero-order chi connectivity index (χ0) is 21.4. The highest BCUT2D eigenvalue weighted by Crippen LogP contribution is 2.11. The van der Waals surface area contributed by atoms with Gasteiger partial charge in [-0.3, -0.25) is 9.59 Å². The van der Waals surface area contributed by atoms with Crippen molar-refractivity contribution in [3.63, 3.8) is 0 Å². The smallest absolute Gasteiger partial charge is 0.326 e. The minimum absolute atomic E-state index is 0.0415. The van der Waals surface area contributed by atoms with Gasteiger partial charge < -0.3 is 15.7 Å². The highest BCUT2D eigenvalue weighted by molar-refractivity contribution is 6.06. The third-order valence-electron chi connectivity index (χ3n) is 4.02. The Morgan fingerprint density at radius 3 is 2.21 bits per heavy atom. The summed E-state index contributed by atoms with van der Waals surface area (Å²) in [7, 11) is 0. The molecule has 0 saturated carbocycles. The lowest BCUT2D eigenvalue weighted by molar-refractivity contribution is -0.141. The van der Waals surface area contributed by atoms with Gasteiger partial charge in [-0.25, -0.2) is 9.18 Å². The van der Waals surface area contributed by atoms with E-state index in [0.717, 1.165) is 0 Å². The van der Waals surface area contributed by atoms with Gasteiger partial charge in [0.1, 0.15) is 17.6 Å². The fourth-order valence-electron chi connectivity index (χ4n) is 2.60. The SMILES string of the molecule is CC(C)CC(NC(=O)/C(=C\c1ccc(F)cc1)NC(=O)c1ccccc1)C(=O)O. The molecule has 2 rings (SSSR count). The van der Waals surface area contributed by atoms with Crippen LogP contribution in [0.15, 0.2) is 60.3 Å². The molecule has 0 radical (unpaired) electrons. The largest absolute Gasteiger partial charge is 0.480 e. The van der Waals surface area contributed by atoms with Crippen LogP contribution in [0.3, 0.4) is 0 Å². The van der Waals surface area contributed by atoms with Gasteiger partial charge in [-0.2, -0.15) is 0 Å². The molecule has 7 heteroatoms. The number of hydrogen-bond donors (Lipinski definition) is 3. The van der Waals surface area contributed by atoms with Gasteiger partial charge in [0.15, 0.2) is 0 Å². The van der Waals surface area contributed by atoms with Gasteiger partial charge in [-0.1, -0.05) is 44.2 Å². The normalized spacial score (nSPS) is 12.3. The number of halogens is 1. The van der Waals surface area contributed by atoms with Crippen LogP contribution in [0.5, 0.6) is 0 Å². The Morgan fingerprint density at radius 1 is 1.03 bits per heavy atom. The number of nitrogens with one attached hydrogen (secondary N) is 2. The van der Waals surface area contributed by atoms with Crippen molar-refractivity contribution < 1.29 is 23.9 Å². The van der Waals surface area contributed by atoms with E-state index in [1.54, 1.807) is 30.3 Å². The number of rotatable bonds is 8. The molecule has 0 aromatic heterocycles. The minimum atomic E-state index is -1.16. The van der Waals surface area contributed by atoms with Crippen LogP contribution in [0.2, 0.25) is 0 Å². The number of amides is 2. The maximum absolute atomic E-state index is 13.2. The summed E-state index contributed by atoms with van der Waals surface area (Å²) < 4.78 is 13.2. The molecule has 0 fully saturated rings. The first-order chi connectivity index (χ1) is 13.8. The molecule has 0 spiro atoms. The summed E-state index contributed by atoms with van der Waals surface area (Å²) >= 11 is 0. The van der Waals surface area contributed by atoms with Crippen LogP contribution >= 0.6 is 0 Å². The molecule has 0 heterocycles. The lowest BCUT2D eigenvalue weighted by Gasteiger charge is -2.18. The van der Waals surface area contributed by atoms with Crippen LogP contribution in [0.1, 0.15) is 36.2 Å². The minimum Gasteiger partial charge on any atom is -0.480 e. The van der Waals surface area contributed by atoms with E-state index < -0.39 is 29.6 Å². The monoisotopic (exact) mass is 398 g/mol. The Bertz CT molecular complexity index is 893. The van der Waals surface area contributed by atoms with E-state index in [-0.39, 0.29) is 18.0 Å². The summed E-state index contributed by atoms with van der Waals surface area (Å²) in [6.45, 7) is 3.68. The van der Waals surface area contributed by atoms with Gasteiger partial charge in [0, 0.05) is 5.56 Å². The molecule has 29 heavy (non-hydrogen) atoms. The standard InChI is InChI=1S/C22H23FN2O4/c1-14(2)12-19(22(28)29)25-21(27)18(13-15-8-10-17(23)11-9-15)24-20(26)16-6-4-3-5-7-16/h3-11,13-14,19H,12H2,1-2H3,(H,24,26)(H,25,27)(H,28,29)/b18-13+. The van der Waals surface area contributed by atoms with Gasteiger partial charge in [0.25, 0.3) is 11.8 Å². The van der Waals surface area contributed by atoms with E-state index in [4.69, 9.17) is 0 Å². The number of carboxylic acids is 1. The number of carboxylic acid groups (broad SMARTS) is 1. The maximum Gasteiger partial charge on any atom is 0.326 e. The summed E-state index contributed by atoms with van der Waals surface area (Å²) in [5.41, 5.74) is 0.670. The van der Waals surface area contributed by atoms with Crippen molar-refractivity contribution in [1.29, 1.82) is 0 Å². The van der Waals surface area contributed by atoms with E-state index in [1.807, 2.05) is 13.8 Å². The summed E-state index contributed by atoms with van der Waals surface area (Å²) in [5, 5.41) is 14.3. The molecule has 2 amide bonds. The van der Waals surface area contributed by atoms with Gasteiger partial charge in [0.2, 0.25) is 0 Å². The van der Waals surface area contributed by atoms with Crippen molar-refractivity contribution in [2.24, 2.45) is 5.92 Å². The van der Waals surface area contributed by atoms with Crippen molar-refractivity contribution in [3.05, 3.63) is 77.2 Å². The summed E-state index contributed by atoms with van der Waals surface area (Å²) in [4.78, 5) is 36.7. The summed E-state index contributed by atoms with van der Waals surface area (Å²) in [6.07, 6.45) is 1.60. The Kier molecular flexibility index (Phi) is 7.65. The molecule has 0 aliphatic heterocycles. The first-order valence-electron chi connectivity index (χ1n) is 9.13. The number of carbonyl (C=O) groups excluding carboxylic acids is 2. The average molecular weight is 398 g/mol. The van der Waals surface area contributed by atoms with E-state index >= 15 is 0 Å². The molecule has 1 atom stereocenters. The van der Waals surface area contributed by atoms with Crippen molar-refractivity contribution >= 4 is 23.9 Å². The number of aliphatic carboxylic acids is 1. The zero-order valence-corrected chi connectivity index (χ0v) is 16.2. The van der Waals surface area contributed by atoms with Gasteiger partial charge >= 0.3 is 5.97 Å². The molecule has 0 bridgehead atoms. The van der Waals surface area contributed by atoms with E-state index in [0.29, 0.717) is 11.1 Å². The van der Waals surface area contributed by atoms with E-state index in [1.165, 1.54) is 30.3 Å². The Labute approximate surface area is 168 Å². The van der Waals surface area contributed by atoms with Crippen molar-refractivity contribution in [2.45, 2.75) is 26.3 Å². The number of hydrogen-bond acceptors (Lipinski definition) is 3. The summed E-state index contributed by atoms with van der Waals surface area (Å²) in [5.74, 6) is -2.83. The Balaban J connectivity index is 2.30. The Morgan fingerprint density at radius 2 is 1.66 bits per heavy atom. The molecule has 2 aromatic rings. The highest BCUT2D eigenvalue weighted by Gasteiger charge is 2.24. The molecular weight excluding hydrogens is 375 g/mol. The van der Waals surface area contributed by atoms with Crippen LogP contribution in [-0.2, 0) is 9.59 Å². The molecule has 0 aliphatic carbocycles. The second-order valence-corrected chi connectivity index (χ2v) is 6.92. The van der Waals surface area contributed by atoms with Crippen LogP contribution in [0.25, 0.3) is 6.08 Å². The predicted octanol–water partition coefficient (Wildman–Crippen LogP) is 3.21. The van der Waals surface area contributed by atoms with E-state index in [9.17, 15) is 23.9 Å². The third kappa shape index (κ3) is 6.88. The third-order valence-corrected chi connectivity index (χ3v) is 4.02. The molecule has 3 N–H and O–H groups in total. The van der Waals surface area contributed by atoms with Gasteiger partial charge in [-0.05, 0) is 48.2 Å². The quantitative estimate of drug-likeness (QED) is 0.595. The Hall–Kier alpha value is -3.48. The van der Waals surface area contributed by atoms with Crippen molar-refractivity contribution in [3.8, 4) is 0 Å². The van der Waals surface area contributed by atoms with Gasteiger partial charge in [-0.15, -0.1) is 0 Å². The van der Waals surface area contributed by atoms with Crippen LogP contribution in [0.4, 0.5) is 4.39 Å². The van der Waals surface area contributed by atoms with Crippen molar-refractivity contribution in [2.75, 3.05) is 0 Å². The van der Waals surface area contributed by atoms with E-state index in [2.05, 4.69) is 10.6 Å². The fraction of sp³-hybridized carbons (Fsp3) is 0.227. The highest BCUT2D eigenvalue weighted by atomic mass is 19.1. The number of benzene rings is 2. The molecule has 0 aliphatic rings.